The maximum atomic E-state index is 13.3. The lowest BCUT2D eigenvalue weighted by Gasteiger charge is -2.26. The van der Waals surface area contributed by atoms with Gasteiger partial charge in [0, 0.05) is 29.7 Å². The van der Waals surface area contributed by atoms with E-state index in [0.29, 0.717) is 23.6 Å². The summed E-state index contributed by atoms with van der Waals surface area (Å²) in [5.74, 6) is -1.31. The van der Waals surface area contributed by atoms with Gasteiger partial charge in [-0.15, -0.1) is 0 Å². The molecule has 1 aromatic carbocycles. The summed E-state index contributed by atoms with van der Waals surface area (Å²) in [6.07, 6.45) is 6.45. The highest BCUT2D eigenvalue weighted by atomic mass is 32.2. The Kier molecular flexibility index (Phi) is 9.03. The van der Waals surface area contributed by atoms with Crippen LogP contribution in [-0.4, -0.2) is 69.9 Å². The number of aromatic nitrogens is 3. The monoisotopic (exact) mass is 583 g/mol. The van der Waals surface area contributed by atoms with E-state index in [4.69, 9.17) is 0 Å². The fourth-order valence-corrected chi connectivity index (χ4v) is 5.53. The average Bonchev–Trinajstić information content (AvgIpc) is 3.51. The molecule has 1 aliphatic rings. The molecule has 13 nitrogen and oxygen atoms in total. The van der Waals surface area contributed by atoms with Crippen LogP contribution < -0.4 is 15.4 Å². The largest absolute Gasteiger partial charge is 0.480 e. The molecule has 14 heteroatoms. The van der Waals surface area contributed by atoms with Crippen LogP contribution in [0, 0.1) is 12.8 Å². The van der Waals surface area contributed by atoms with Gasteiger partial charge < -0.3 is 20.6 Å². The number of likely N-dealkylation sites (tertiary alicyclic amines) is 1. The molecule has 1 fully saturated rings. The first kappa shape index (κ1) is 29.7. The number of benzene rings is 1. The molecule has 3 heterocycles. The van der Waals surface area contributed by atoms with Crippen molar-refractivity contribution in [2.75, 3.05) is 23.4 Å². The third kappa shape index (κ3) is 7.89. The first-order valence-electron chi connectivity index (χ1n) is 13.0. The Morgan fingerprint density at radius 3 is 2.54 bits per heavy atom. The first-order valence-corrected chi connectivity index (χ1v) is 14.9. The van der Waals surface area contributed by atoms with Crippen LogP contribution in [0.15, 0.2) is 55.0 Å². The standard InChI is InChI=1S/C27H33N7O6S/c1-17-6-4-5-7-22(17)31-27(38)30-21-9-8-20(28-14-21)12-24(35)34-11-10-18(2)25(34)19-13-29-33(15-19)16-23(26(36)37)32-41(3,39)40/h4-9,13-15,18,23,25,32H,10-12,16H2,1-3H3,(H,36,37)(H2,30,31,38). The van der Waals surface area contributed by atoms with Crippen molar-refractivity contribution >= 4 is 39.3 Å². The maximum absolute atomic E-state index is 13.3. The summed E-state index contributed by atoms with van der Waals surface area (Å²) in [6, 6.07) is 8.75. The van der Waals surface area contributed by atoms with Crippen LogP contribution in [0.3, 0.4) is 0 Å². The number of carbonyl (C=O) groups is 3. The minimum absolute atomic E-state index is 0.0619. The maximum Gasteiger partial charge on any atom is 0.323 e. The van der Waals surface area contributed by atoms with E-state index in [0.717, 1.165) is 23.8 Å². The molecule has 0 bridgehead atoms. The smallest absolute Gasteiger partial charge is 0.323 e. The van der Waals surface area contributed by atoms with Crippen molar-refractivity contribution < 1.29 is 27.9 Å². The van der Waals surface area contributed by atoms with E-state index in [1.807, 2.05) is 38.1 Å². The number of hydrogen-bond acceptors (Lipinski definition) is 7. The second kappa shape index (κ2) is 12.5. The Labute approximate surface area is 238 Å². The number of carboxylic acids is 1. The quantitative estimate of drug-likeness (QED) is 0.281. The summed E-state index contributed by atoms with van der Waals surface area (Å²) in [4.78, 5) is 43.3. The first-order chi connectivity index (χ1) is 19.4. The molecule has 0 saturated carbocycles. The van der Waals surface area contributed by atoms with Crippen molar-refractivity contribution in [2.45, 2.75) is 45.3 Å². The average molecular weight is 584 g/mol. The molecule has 4 N–H and O–H groups in total. The highest BCUT2D eigenvalue weighted by Crippen LogP contribution is 2.37. The third-order valence-electron chi connectivity index (χ3n) is 6.85. The number of aryl methyl sites for hydroxylation is 1. The molecule has 0 spiro atoms. The summed E-state index contributed by atoms with van der Waals surface area (Å²) in [6.45, 7) is 4.27. The van der Waals surface area contributed by atoms with Gasteiger partial charge in [0.1, 0.15) is 6.04 Å². The molecular formula is C27H33N7O6S. The summed E-state index contributed by atoms with van der Waals surface area (Å²) in [5, 5.41) is 19.1. The van der Waals surface area contributed by atoms with E-state index < -0.39 is 28.1 Å². The van der Waals surface area contributed by atoms with Crippen molar-refractivity contribution in [3.05, 3.63) is 71.8 Å². The number of nitrogens with one attached hydrogen (secondary N) is 3. The SMILES string of the molecule is Cc1ccccc1NC(=O)Nc1ccc(CC(=O)N2CCC(C)C2c2cnn(CC(NS(C)(=O)=O)C(=O)O)c2)nc1. The number of nitrogens with zero attached hydrogens (tertiary/aromatic N) is 4. The van der Waals surface area contributed by atoms with Gasteiger partial charge in [-0.2, -0.15) is 9.82 Å². The number of rotatable bonds is 10. The molecule has 0 aliphatic carbocycles. The molecule has 3 aromatic rings. The van der Waals surface area contributed by atoms with Crippen LogP contribution in [0.5, 0.6) is 0 Å². The molecule has 3 atom stereocenters. The van der Waals surface area contributed by atoms with Gasteiger partial charge in [0.15, 0.2) is 0 Å². The van der Waals surface area contributed by atoms with Gasteiger partial charge in [0.25, 0.3) is 0 Å². The van der Waals surface area contributed by atoms with Crippen molar-refractivity contribution in [3.63, 3.8) is 0 Å². The lowest BCUT2D eigenvalue weighted by atomic mass is 9.98. The Balaban J connectivity index is 1.37. The molecule has 41 heavy (non-hydrogen) atoms. The molecule has 1 saturated heterocycles. The fraction of sp³-hybridized carbons (Fsp3) is 0.370. The number of sulfonamides is 1. The van der Waals surface area contributed by atoms with Gasteiger partial charge in [-0.05, 0) is 43.0 Å². The second-order valence-corrected chi connectivity index (χ2v) is 12.0. The van der Waals surface area contributed by atoms with Crippen LogP contribution in [-0.2, 0) is 32.6 Å². The zero-order chi connectivity index (χ0) is 29.7. The Morgan fingerprint density at radius 1 is 1.12 bits per heavy atom. The Hall–Kier alpha value is -4.30. The van der Waals surface area contributed by atoms with Crippen LogP contribution in [0.1, 0.15) is 36.2 Å². The van der Waals surface area contributed by atoms with Crippen molar-refractivity contribution in [1.29, 1.82) is 0 Å². The molecular weight excluding hydrogens is 550 g/mol. The van der Waals surface area contributed by atoms with E-state index in [1.54, 1.807) is 29.4 Å². The van der Waals surface area contributed by atoms with Gasteiger partial charge in [-0.3, -0.25) is 19.3 Å². The number of para-hydroxylation sites is 1. The van der Waals surface area contributed by atoms with Crippen molar-refractivity contribution in [1.82, 2.24) is 24.4 Å². The molecule has 218 valence electrons. The van der Waals surface area contributed by atoms with E-state index in [9.17, 15) is 27.9 Å². The van der Waals surface area contributed by atoms with E-state index in [2.05, 4.69) is 25.4 Å². The summed E-state index contributed by atoms with van der Waals surface area (Å²) >= 11 is 0. The zero-order valence-corrected chi connectivity index (χ0v) is 23.8. The van der Waals surface area contributed by atoms with Gasteiger partial charge in [0.2, 0.25) is 15.9 Å². The fourth-order valence-electron chi connectivity index (χ4n) is 4.84. The molecule has 3 unspecified atom stereocenters. The molecule has 0 radical (unpaired) electrons. The molecule has 3 amide bonds. The number of amides is 3. The number of pyridine rings is 1. The van der Waals surface area contributed by atoms with Crippen LogP contribution in [0.4, 0.5) is 16.2 Å². The number of carboxylic acid groups (broad SMARTS) is 1. The number of hydrogen-bond donors (Lipinski definition) is 4. The summed E-state index contributed by atoms with van der Waals surface area (Å²) < 4.78 is 26.5. The van der Waals surface area contributed by atoms with Crippen molar-refractivity contribution in [3.8, 4) is 0 Å². The summed E-state index contributed by atoms with van der Waals surface area (Å²) in [7, 11) is -3.73. The Morgan fingerprint density at radius 2 is 1.88 bits per heavy atom. The normalized spacial score (nSPS) is 17.7. The second-order valence-electron chi connectivity index (χ2n) is 10.2. The zero-order valence-electron chi connectivity index (χ0n) is 22.9. The lowest BCUT2D eigenvalue weighted by Crippen LogP contribution is -2.43. The van der Waals surface area contributed by atoms with Gasteiger partial charge in [-0.25, -0.2) is 13.2 Å². The highest BCUT2D eigenvalue weighted by molar-refractivity contribution is 7.88. The minimum Gasteiger partial charge on any atom is -0.480 e. The molecule has 1 aliphatic heterocycles. The molecule has 2 aromatic heterocycles. The van der Waals surface area contributed by atoms with E-state index in [-0.39, 0.29) is 30.8 Å². The topological polar surface area (TPSA) is 176 Å². The van der Waals surface area contributed by atoms with E-state index in [1.165, 1.54) is 10.9 Å². The lowest BCUT2D eigenvalue weighted by molar-refractivity contribution is -0.139. The number of aliphatic carboxylic acids is 1. The predicted molar refractivity (Wildman–Crippen MR) is 152 cm³/mol. The van der Waals surface area contributed by atoms with Crippen LogP contribution in [0.25, 0.3) is 0 Å². The van der Waals surface area contributed by atoms with Crippen LogP contribution >= 0.6 is 0 Å². The highest BCUT2D eigenvalue weighted by Gasteiger charge is 2.36. The minimum atomic E-state index is -3.73. The van der Waals surface area contributed by atoms with Gasteiger partial charge >= 0.3 is 12.0 Å². The number of carbonyl (C=O) groups excluding carboxylic acids is 2. The van der Waals surface area contributed by atoms with Gasteiger partial charge in [-0.1, -0.05) is 25.1 Å². The number of urea groups is 1. The number of anilines is 2. The molecule has 4 rings (SSSR count). The van der Waals surface area contributed by atoms with E-state index >= 15 is 0 Å². The third-order valence-corrected chi connectivity index (χ3v) is 7.56. The van der Waals surface area contributed by atoms with Crippen molar-refractivity contribution in [2.24, 2.45) is 5.92 Å². The summed E-state index contributed by atoms with van der Waals surface area (Å²) in [5.41, 5.74) is 3.40. The Bertz CT molecular complexity index is 1520. The van der Waals surface area contributed by atoms with Crippen LogP contribution in [0.2, 0.25) is 0 Å². The van der Waals surface area contributed by atoms with Gasteiger partial charge in [0.05, 0.1) is 43.3 Å². The predicted octanol–water partition coefficient (Wildman–Crippen LogP) is 2.39.